The summed E-state index contributed by atoms with van der Waals surface area (Å²) in [5, 5.41) is 6.95. The molecule has 0 aliphatic carbocycles. The Balaban J connectivity index is 1.89. The molecule has 3 heteroatoms. The number of benzene rings is 3. The van der Waals surface area contributed by atoms with Gasteiger partial charge in [0.15, 0.2) is 0 Å². The molecule has 1 atom stereocenters. The molecule has 2 nitrogen and oxygen atoms in total. The molecule has 0 aromatic heterocycles. The maximum absolute atomic E-state index is 6.64. The van der Waals surface area contributed by atoms with Crippen molar-refractivity contribution in [3.05, 3.63) is 82.9 Å². The lowest BCUT2D eigenvalue weighted by molar-refractivity contribution is 0.242. The SMILES string of the molecule is Clc1ccccc1C(c1cccc2ccccc12)N1CCCNCC1. The minimum Gasteiger partial charge on any atom is -0.315 e. The Kier molecular flexibility index (Phi) is 5.02. The van der Waals surface area contributed by atoms with Crippen molar-refractivity contribution in [2.45, 2.75) is 12.5 Å². The lowest BCUT2D eigenvalue weighted by atomic mass is 9.92. The zero-order valence-electron chi connectivity index (χ0n) is 14.3. The molecule has 3 aromatic carbocycles. The Bertz CT molecular complexity index is 848. The summed E-state index contributed by atoms with van der Waals surface area (Å²) < 4.78 is 0. The van der Waals surface area contributed by atoms with Gasteiger partial charge in [-0.15, -0.1) is 0 Å². The van der Waals surface area contributed by atoms with Crippen LogP contribution in [0.2, 0.25) is 5.02 Å². The highest BCUT2D eigenvalue weighted by molar-refractivity contribution is 6.31. The number of hydrogen-bond donors (Lipinski definition) is 1. The third-order valence-electron chi connectivity index (χ3n) is 5.06. The lowest BCUT2D eigenvalue weighted by Crippen LogP contribution is -2.33. The quantitative estimate of drug-likeness (QED) is 0.724. The highest BCUT2D eigenvalue weighted by Gasteiger charge is 2.26. The van der Waals surface area contributed by atoms with E-state index in [1.165, 1.54) is 21.9 Å². The summed E-state index contributed by atoms with van der Waals surface area (Å²) in [4.78, 5) is 2.57. The molecule has 0 bridgehead atoms. The van der Waals surface area contributed by atoms with Crippen LogP contribution in [0.1, 0.15) is 23.6 Å². The number of nitrogens with zero attached hydrogens (tertiary/aromatic N) is 1. The average Bonchev–Trinajstić information content (AvgIpc) is 2.93. The van der Waals surface area contributed by atoms with Crippen LogP contribution in [-0.4, -0.2) is 31.1 Å². The van der Waals surface area contributed by atoms with Crippen molar-refractivity contribution in [3.8, 4) is 0 Å². The van der Waals surface area contributed by atoms with Crippen molar-refractivity contribution < 1.29 is 0 Å². The molecule has 25 heavy (non-hydrogen) atoms. The Morgan fingerprint density at radius 1 is 0.800 bits per heavy atom. The first kappa shape index (κ1) is 16.6. The molecule has 0 radical (unpaired) electrons. The van der Waals surface area contributed by atoms with Gasteiger partial charge in [0.2, 0.25) is 0 Å². The molecular formula is C22H23ClN2. The van der Waals surface area contributed by atoms with Crippen molar-refractivity contribution in [1.82, 2.24) is 10.2 Å². The van der Waals surface area contributed by atoms with Crippen LogP contribution in [0, 0.1) is 0 Å². The molecular weight excluding hydrogens is 328 g/mol. The monoisotopic (exact) mass is 350 g/mol. The van der Waals surface area contributed by atoms with E-state index in [0.29, 0.717) is 0 Å². The predicted molar refractivity (Wildman–Crippen MR) is 106 cm³/mol. The molecule has 1 saturated heterocycles. The summed E-state index contributed by atoms with van der Waals surface area (Å²) in [7, 11) is 0. The normalized spacial score (nSPS) is 17.3. The molecule has 0 saturated carbocycles. The van der Waals surface area contributed by atoms with Gasteiger partial charge in [0.05, 0.1) is 6.04 Å². The van der Waals surface area contributed by atoms with E-state index in [2.05, 4.69) is 64.8 Å². The van der Waals surface area contributed by atoms with Crippen LogP contribution in [-0.2, 0) is 0 Å². The van der Waals surface area contributed by atoms with E-state index in [-0.39, 0.29) is 6.04 Å². The van der Waals surface area contributed by atoms with E-state index in [1.54, 1.807) is 0 Å². The largest absolute Gasteiger partial charge is 0.315 e. The Labute approximate surface area is 154 Å². The van der Waals surface area contributed by atoms with Crippen LogP contribution in [0.3, 0.4) is 0 Å². The number of nitrogens with one attached hydrogen (secondary N) is 1. The highest BCUT2D eigenvalue weighted by Crippen LogP contribution is 2.37. The molecule has 4 rings (SSSR count). The molecule has 1 aliphatic rings. The number of hydrogen-bond acceptors (Lipinski definition) is 2. The van der Waals surface area contributed by atoms with Crippen LogP contribution in [0.5, 0.6) is 0 Å². The van der Waals surface area contributed by atoms with E-state index in [1.807, 2.05) is 12.1 Å². The first-order valence-electron chi connectivity index (χ1n) is 9.01. The number of fused-ring (bicyclic) bond motifs is 1. The molecule has 1 aliphatic heterocycles. The Morgan fingerprint density at radius 3 is 2.48 bits per heavy atom. The van der Waals surface area contributed by atoms with E-state index in [9.17, 15) is 0 Å². The first-order chi connectivity index (χ1) is 12.3. The van der Waals surface area contributed by atoms with Crippen LogP contribution in [0.15, 0.2) is 66.7 Å². The van der Waals surface area contributed by atoms with E-state index < -0.39 is 0 Å². The van der Waals surface area contributed by atoms with Gasteiger partial charge in [-0.05, 0) is 40.9 Å². The van der Waals surface area contributed by atoms with Gasteiger partial charge >= 0.3 is 0 Å². The van der Waals surface area contributed by atoms with Gasteiger partial charge in [0, 0.05) is 24.7 Å². The second kappa shape index (κ2) is 7.57. The molecule has 1 heterocycles. The zero-order valence-corrected chi connectivity index (χ0v) is 15.0. The fraction of sp³-hybridized carbons (Fsp3) is 0.273. The van der Waals surface area contributed by atoms with Crippen LogP contribution in [0.25, 0.3) is 10.8 Å². The van der Waals surface area contributed by atoms with Gasteiger partial charge in [-0.25, -0.2) is 0 Å². The topological polar surface area (TPSA) is 15.3 Å². The fourth-order valence-corrected chi connectivity index (χ4v) is 4.11. The molecule has 1 N–H and O–H groups in total. The van der Waals surface area contributed by atoms with Crippen molar-refractivity contribution >= 4 is 22.4 Å². The summed E-state index contributed by atoms with van der Waals surface area (Å²) in [6.45, 7) is 4.21. The highest BCUT2D eigenvalue weighted by atomic mass is 35.5. The average molecular weight is 351 g/mol. The van der Waals surface area contributed by atoms with Gasteiger partial charge in [0.25, 0.3) is 0 Å². The van der Waals surface area contributed by atoms with Crippen molar-refractivity contribution in [3.63, 3.8) is 0 Å². The third-order valence-corrected chi connectivity index (χ3v) is 5.40. The first-order valence-corrected chi connectivity index (χ1v) is 9.39. The predicted octanol–water partition coefficient (Wildman–Crippen LogP) is 4.88. The van der Waals surface area contributed by atoms with E-state index in [4.69, 9.17) is 11.6 Å². The Hall–Kier alpha value is -1.87. The second-order valence-electron chi connectivity index (χ2n) is 6.63. The lowest BCUT2D eigenvalue weighted by Gasteiger charge is -2.32. The zero-order chi connectivity index (χ0) is 17.1. The smallest absolute Gasteiger partial charge is 0.0623 e. The van der Waals surface area contributed by atoms with Crippen LogP contribution < -0.4 is 5.32 Å². The van der Waals surface area contributed by atoms with Crippen LogP contribution >= 0.6 is 11.6 Å². The summed E-state index contributed by atoms with van der Waals surface area (Å²) in [6, 6.07) is 23.7. The molecule has 0 spiro atoms. The second-order valence-corrected chi connectivity index (χ2v) is 7.04. The van der Waals surface area contributed by atoms with Crippen LogP contribution in [0.4, 0.5) is 0 Å². The molecule has 1 unspecified atom stereocenters. The van der Waals surface area contributed by atoms with E-state index in [0.717, 1.165) is 37.6 Å². The molecule has 0 amide bonds. The number of rotatable bonds is 3. The van der Waals surface area contributed by atoms with E-state index >= 15 is 0 Å². The van der Waals surface area contributed by atoms with Crippen molar-refractivity contribution in [2.75, 3.05) is 26.2 Å². The maximum atomic E-state index is 6.64. The van der Waals surface area contributed by atoms with Crippen molar-refractivity contribution in [1.29, 1.82) is 0 Å². The fourth-order valence-electron chi connectivity index (χ4n) is 3.87. The van der Waals surface area contributed by atoms with Gasteiger partial charge in [-0.2, -0.15) is 0 Å². The standard InChI is InChI=1S/C22H23ClN2/c23-21-12-4-3-10-20(21)22(25-15-6-13-24-14-16-25)19-11-5-8-17-7-1-2-9-18(17)19/h1-5,7-12,22,24H,6,13-16H2. The molecule has 1 fully saturated rings. The van der Waals surface area contributed by atoms with Gasteiger partial charge in [-0.3, -0.25) is 4.90 Å². The molecule has 3 aromatic rings. The number of halogens is 1. The Morgan fingerprint density at radius 2 is 1.56 bits per heavy atom. The summed E-state index contributed by atoms with van der Waals surface area (Å²) in [5.74, 6) is 0. The summed E-state index contributed by atoms with van der Waals surface area (Å²) in [5.41, 5.74) is 2.54. The van der Waals surface area contributed by atoms with Gasteiger partial charge in [-0.1, -0.05) is 72.3 Å². The summed E-state index contributed by atoms with van der Waals surface area (Å²) >= 11 is 6.64. The minimum atomic E-state index is 0.180. The van der Waals surface area contributed by atoms with Gasteiger partial charge < -0.3 is 5.32 Å². The maximum Gasteiger partial charge on any atom is 0.0623 e. The van der Waals surface area contributed by atoms with Crippen molar-refractivity contribution in [2.24, 2.45) is 0 Å². The molecule has 128 valence electrons. The summed E-state index contributed by atoms with van der Waals surface area (Å²) in [6.07, 6.45) is 1.16. The third kappa shape index (κ3) is 3.43. The van der Waals surface area contributed by atoms with Gasteiger partial charge in [0.1, 0.15) is 0 Å². The minimum absolute atomic E-state index is 0.180.